The molecule has 0 saturated carbocycles. The second-order valence-electron chi connectivity index (χ2n) is 7.93. The van der Waals surface area contributed by atoms with Gasteiger partial charge in [-0.2, -0.15) is 0 Å². The van der Waals surface area contributed by atoms with Gasteiger partial charge >= 0.3 is 0 Å². The topological polar surface area (TPSA) is 53.2 Å². The van der Waals surface area contributed by atoms with Crippen LogP contribution in [-0.2, 0) is 4.79 Å². The molecule has 0 saturated heterocycles. The molecule has 0 aliphatic heterocycles. The van der Waals surface area contributed by atoms with Gasteiger partial charge in [0.15, 0.2) is 5.11 Å². The first-order chi connectivity index (χ1) is 15.2. The first-order valence-electron chi connectivity index (χ1n) is 11.4. The number of thiocarbonyl (C=S) groups is 1. The number of carbonyl (C=O) groups is 1. The van der Waals surface area contributed by atoms with Crippen molar-refractivity contribution in [2.45, 2.75) is 93.9 Å². The van der Waals surface area contributed by atoms with Crippen molar-refractivity contribution >= 4 is 75.3 Å². The molecule has 0 spiro atoms. The Morgan fingerprint density at radius 3 is 1.88 bits per heavy atom. The molecule has 9 heteroatoms. The maximum atomic E-state index is 12.3. The number of carbonyl (C=O) groups excluding carboxylic acids is 1. The van der Waals surface area contributed by atoms with Gasteiger partial charge in [0, 0.05) is 17.1 Å². The van der Waals surface area contributed by atoms with Gasteiger partial charge in [0.05, 0.1) is 0 Å². The molecular weight excluding hydrogens is 508 g/mol. The summed E-state index contributed by atoms with van der Waals surface area (Å²) in [5.74, 6) is -0.181. The van der Waals surface area contributed by atoms with E-state index in [0.29, 0.717) is 11.4 Å². The lowest BCUT2D eigenvalue weighted by Gasteiger charge is -2.27. The highest BCUT2D eigenvalue weighted by molar-refractivity contribution is 7.80. The lowest BCUT2D eigenvalue weighted by Crippen LogP contribution is -2.56. The van der Waals surface area contributed by atoms with Gasteiger partial charge in [-0.1, -0.05) is 118 Å². The van der Waals surface area contributed by atoms with Gasteiger partial charge in [0.1, 0.15) is 6.17 Å². The molecule has 182 valence electrons. The summed E-state index contributed by atoms with van der Waals surface area (Å²) in [7, 11) is 0. The van der Waals surface area contributed by atoms with Crippen molar-refractivity contribution in [2.24, 2.45) is 0 Å². The highest BCUT2D eigenvalue weighted by Crippen LogP contribution is 2.29. The number of rotatable bonds is 15. The second kappa shape index (κ2) is 17.0. The van der Waals surface area contributed by atoms with Crippen LogP contribution in [0, 0.1) is 0 Å². The van der Waals surface area contributed by atoms with E-state index in [1.807, 2.05) is 0 Å². The number of nitrogens with one attached hydrogen (secondary N) is 3. The summed E-state index contributed by atoms with van der Waals surface area (Å²) in [6.07, 6.45) is 12.9. The van der Waals surface area contributed by atoms with Crippen LogP contribution in [0.25, 0.3) is 0 Å². The molecule has 1 amide bonds. The number of alkyl halides is 3. The van der Waals surface area contributed by atoms with Crippen molar-refractivity contribution in [1.29, 1.82) is 0 Å². The fourth-order valence-electron chi connectivity index (χ4n) is 3.21. The molecule has 4 nitrogen and oxygen atoms in total. The molecule has 0 aromatic heterocycles. The molecule has 32 heavy (non-hydrogen) atoms. The summed E-state index contributed by atoms with van der Waals surface area (Å²) in [5, 5.41) is 9.38. The SMILES string of the molecule is CCCCCCCCCCCCCC(=O)N[C@@H](NC(=S)Nc1ccc(Cl)cc1)C(Cl)(Cl)Cl. The van der Waals surface area contributed by atoms with E-state index in [2.05, 4.69) is 22.9 Å². The van der Waals surface area contributed by atoms with Gasteiger partial charge in [-0.3, -0.25) is 4.79 Å². The summed E-state index contributed by atoms with van der Waals surface area (Å²) < 4.78 is -1.77. The zero-order valence-corrected chi connectivity index (χ0v) is 22.5. The largest absolute Gasteiger partial charge is 0.339 e. The van der Waals surface area contributed by atoms with E-state index in [4.69, 9.17) is 58.6 Å². The van der Waals surface area contributed by atoms with E-state index in [1.54, 1.807) is 24.3 Å². The Bertz CT molecular complexity index is 668. The van der Waals surface area contributed by atoms with Crippen molar-refractivity contribution in [1.82, 2.24) is 10.6 Å². The van der Waals surface area contributed by atoms with Gasteiger partial charge < -0.3 is 16.0 Å². The zero-order chi connectivity index (χ0) is 23.8. The Morgan fingerprint density at radius 2 is 1.38 bits per heavy atom. The number of hydrogen-bond donors (Lipinski definition) is 3. The molecule has 0 unspecified atom stereocenters. The van der Waals surface area contributed by atoms with Gasteiger partial charge in [0.2, 0.25) is 9.70 Å². The quantitative estimate of drug-likeness (QED) is 0.0905. The minimum atomic E-state index is -1.77. The molecule has 0 heterocycles. The Balaban J connectivity index is 2.25. The highest BCUT2D eigenvalue weighted by atomic mass is 35.6. The minimum absolute atomic E-state index is 0.181. The average molecular weight is 543 g/mol. The summed E-state index contributed by atoms with van der Waals surface area (Å²) in [5.41, 5.74) is 0.724. The van der Waals surface area contributed by atoms with Gasteiger partial charge in [0.25, 0.3) is 0 Å². The Hall–Kier alpha value is -0.460. The third kappa shape index (κ3) is 14.6. The van der Waals surface area contributed by atoms with Crippen LogP contribution >= 0.6 is 58.6 Å². The number of amides is 1. The summed E-state index contributed by atoms with van der Waals surface area (Å²) in [6.45, 7) is 2.24. The number of unbranched alkanes of at least 4 members (excludes halogenated alkanes) is 10. The normalized spacial score (nSPS) is 12.3. The predicted molar refractivity (Wildman–Crippen MR) is 144 cm³/mol. The first-order valence-corrected chi connectivity index (χ1v) is 13.3. The molecule has 0 fully saturated rings. The zero-order valence-electron chi connectivity index (χ0n) is 18.7. The summed E-state index contributed by atoms with van der Waals surface area (Å²) in [4.78, 5) is 12.3. The molecular formula is C23H35Cl4N3OS. The van der Waals surface area contributed by atoms with Gasteiger partial charge in [-0.05, 0) is 42.9 Å². The third-order valence-electron chi connectivity index (χ3n) is 5.02. The van der Waals surface area contributed by atoms with Crippen LogP contribution in [0.2, 0.25) is 5.02 Å². The fraction of sp³-hybridized carbons (Fsp3) is 0.652. The van der Waals surface area contributed by atoms with Crippen LogP contribution in [0.5, 0.6) is 0 Å². The Kier molecular flexibility index (Phi) is 15.8. The molecule has 1 aromatic rings. The smallest absolute Gasteiger partial charge is 0.228 e. The molecule has 1 atom stereocenters. The Labute approximate surface area is 218 Å². The van der Waals surface area contributed by atoms with Gasteiger partial charge in [-0.25, -0.2) is 0 Å². The molecule has 3 N–H and O–H groups in total. The van der Waals surface area contributed by atoms with Crippen LogP contribution in [0.4, 0.5) is 5.69 Å². The van der Waals surface area contributed by atoms with E-state index in [1.165, 1.54) is 51.4 Å². The first kappa shape index (κ1) is 29.6. The number of anilines is 1. The number of hydrogen-bond acceptors (Lipinski definition) is 2. The highest BCUT2D eigenvalue weighted by Gasteiger charge is 2.34. The third-order valence-corrected chi connectivity index (χ3v) is 6.14. The van der Waals surface area contributed by atoms with Crippen molar-refractivity contribution < 1.29 is 4.79 Å². The van der Waals surface area contributed by atoms with Crippen molar-refractivity contribution in [3.63, 3.8) is 0 Å². The number of halogens is 4. The molecule has 1 rings (SSSR count). The van der Waals surface area contributed by atoms with Crippen LogP contribution in [-0.4, -0.2) is 21.0 Å². The van der Waals surface area contributed by atoms with Gasteiger partial charge in [-0.15, -0.1) is 0 Å². The summed E-state index contributed by atoms with van der Waals surface area (Å²) in [6, 6.07) is 7.00. The standard InChI is InChI=1S/C23H35Cl4N3OS/c1-2-3-4-5-6-7-8-9-10-11-12-13-20(31)29-21(23(25,26)27)30-22(32)28-19-16-14-18(24)15-17-19/h14-17,21H,2-13H2,1H3,(H,29,31)(H2,28,30,32)/t21-/m0/s1. The maximum absolute atomic E-state index is 12.3. The lowest BCUT2D eigenvalue weighted by atomic mass is 10.1. The minimum Gasteiger partial charge on any atom is -0.339 e. The summed E-state index contributed by atoms with van der Waals surface area (Å²) >= 11 is 29.2. The molecule has 0 aliphatic rings. The predicted octanol–water partition coefficient (Wildman–Crippen LogP) is 8.14. The lowest BCUT2D eigenvalue weighted by molar-refractivity contribution is -0.122. The number of benzene rings is 1. The van der Waals surface area contributed by atoms with Crippen molar-refractivity contribution in [3.8, 4) is 0 Å². The Morgan fingerprint density at radius 1 is 0.875 bits per heavy atom. The van der Waals surface area contributed by atoms with E-state index in [9.17, 15) is 4.79 Å². The monoisotopic (exact) mass is 541 g/mol. The molecule has 1 aromatic carbocycles. The maximum Gasteiger partial charge on any atom is 0.228 e. The molecule has 0 radical (unpaired) electrons. The van der Waals surface area contributed by atoms with Crippen LogP contribution < -0.4 is 16.0 Å². The van der Waals surface area contributed by atoms with E-state index in [0.717, 1.165) is 24.9 Å². The molecule has 0 aliphatic carbocycles. The van der Waals surface area contributed by atoms with E-state index < -0.39 is 9.96 Å². The van der Waals surface area contributed by atoms with Crippen molar-refractivity contribution in [3.05, 3.63) is 29.3 Å². The van der Waals surface area contributed by atoms with Crippen molar-refractivity contribution in [2.75, 3.05) is 5.32 Å². The van der Waals surface area contributed by atoms with E-state index >= 15 is 0 Å². The van der Waals surface area contributed by atoms with Crippen LogP contribution in [0.3, 0.4) is 0 Å². The van der Waals surface area contributed by atoms with Crippen LogP contribution in [0.1, 0.15) is 84.0 Å². The van der Waals surface area contributed by atoms with Crippen LogP contribution in [0.15, 0.2) is 24.3 Å². The average Bonchev–Trinajstić information content (AvgIpc) is 2.72. The fourth-order valence-corrected chi connectivity index (χ4v) is 3.90. The second-order valence-corrected chi connectivity index (χ2v) is 11.1. The van der Waals surface area contributed by atoms with E-state index in [-0.39, 0.29) is 11.0 Å². The molecule has 0 bridgehead atoms.